The standard InChI is InChI=1S/C14H16N6O/c1-18-8-11(4-17-18)20-7-10-6-19(9-12(10)14(20)21)13-5-15-2-3-16-13/h2-5,8,10,12H,6-7,9H2,1H3/t10-,12-/m0/s1. The fourth-order valence-electron chi connectivity index (χ4n) is 3.28. The van der Waals surface area contributed by atoms with E-state index < -0.39 is 0 Å². The van der Waals surface area contributed by atoms with Gasteiger partial charge in [0.15, 0.2) is 0 Å². The van der Waals surface area contributed by atoms with Crippen LogP contribution in [0.25, 0.3) is 0 Å². The van der Waals surface area contributed by atoms with Crippen LogP contribution in [0.1, 0.15) is 0 Å². The van der Waals surface area contributed by atoms with Gasteiger partial charge in [-0.15, -0.1) is 0 Å². The van der Waals surface area contributed by atoms with Gasteiger partial charge in [0.25, 0.3) is 0 Å². The molecule has 0 N–H and O–H groups in total. The second-order valence-corrected chi connectivity index (χ2v) is 5.66. The maximum atomic E-state index is 12.6. The number of aromatic nitrogens is 4. The smallest absolute Gasteiger partial charge is 0.232 e. The Kier molecular flexibility index (Phi) is 2.66. The first kappa shape index (κ1) is 12.3. The Bertz CT molecular complexity index is 669. The van der Waals surface area contributed by atoms with E-state index in [1.807, 2.05) is 18.1 Å². The van der Waals surface area contributed by atoms with Crippen molar-refractivity contribution in [1.82, 2.24) is 19.7 Å². The highest BCUT2D eigenvalue weighted by Crippen LogP contribution is 2.36. The number of carbonyl (C=O) groups excluding carboxylic acids is 1. The first-order valence-electron chi connectivity index (χ1n) is 7.03. The molecule has 1 amide bonds. The van der Waals surface area contributed by atoms with Crippen LogP contribution >= 0.6 is 0 Å². The molecule has 4 rings (SSSR count). The summed E-state index contributed by atoms with van der Waals surface area (Å²) in [5.41, 5.74) is 0.892. The van der Waals surface area contributed by atoms with Crippen molar-refractivity contribution in [2.75, 3.05) is 29.4 Å². The van der Waals surface area contributed by atoms with Crippen LogP contribution in [-0.2, 0) is 11.8 Å². The van der Waals surface area contributed by atoms with Crippen LogP contribution in [0.2, 0.25) is 0 Å². The largest absolute Gasteiger partial charge is 0.354 e. The molecule has 21 heavy (non-hydrogen) atoms. The number of carbonyl (C=O) groups is 1. The zero-order chi connectivity index (χ0) is 14.4. The number of nitrogens with zero attached hydrogens (tertiary/aromatic N) is 6. The lowest BCUT2D eigenvalue weighted by molar-refractivity contribution is -0.120. The van der Waals surface area contributed by atoms with Crippen LogP contribution in [0, 0.1) is 11.8 Å². The van der Waals surface area contributed by atoms with Gasteiger partial charge in [0, 0.05) is 51.2 Å². The van der Waals surface area contributed by atoms with Crippen LogP contribution in [0.15, 0.2) is 31.0 Å². The van der Waals surface area contributed by atoms with Crippen LogP contribution in [-0.4, -0.2) is 45.3 Å². The molecule has 0 spiro atoms. The SMILES string of the molecule is Cn1cc(N2C[C@@H]3CN(c4cnccn4)C[C@@H]3C2=O)cn1. The van der Waals surface area contributed by atoms with Crippen molar-refractivity contribution in [2.24, 2.45) is 18.9 Å². The van der Waals surface area contributed by atoms with Crippen molar-refractivity contribution in [2.45, 2.75) is 0 Å². The van der Waals surface area contributed by atoms with E-state index in [-0.39, 0.29) is 11.8 Å². The van der Waals surface area contributed by atoms with Crippen molar-refractivity contribution < 1.29 is 4.79 Å². The summed E-state index contributed by atoms with van der Waals surface area (Å²) in [6, 6.07) is 0. The van der Waals surface area contributed by atoms with Crippen molar-refractivity contribution in [3.05, 3.63) is 31.0 Å². The maximum Gasteiger partial charge on any atom is 0.232 e. The van der Waals surface area contributed by atoms with E-state index in [9.17, 15) is 4.79 Å². The third-order valence-corrected chi connectivity index (χ3v) is 4.32. The Morgan fingerprint density at radius 2 is 2.10 bits per heavy atom. The van der Waals surface area contributed by atoms with E-state index >= 15 is 0 Å². The van der Waals surface area contributed by atoms with Crippen LogP contribution in [0.4, 0.5) is 11.5 Å². The molecule has 2 aliphatic heterocycles. The second kappa shape index (κ2) is 4.54. The average molecular weight is 284 g/mol. The Labute approximate surface area is 122 Å². The molecule has 7 heteroatoms. The van der Waals surface area contributed by atoms with Gasteiger partial charge in [0.1, 0.15) is 5.82 Å². The minimum absolute atomic E-state index is 0.0483. The van der Waals surface area contributed by atoms with E-state index in [1.54, 1.807) is 29.5 Å². The normalized spacial score (nSPS) is 24.7. The number of aryl methyl sites for hydroxylation is 1. The molecular weight excluding hydrogens is 268 g/mol. The van der Waals surface area contributed by atoms with E-state index in [4.69, 9.17) is 0 Å². The highest BCUT2D eigenvalue weighted by Gasteiger charge is 2.47. The zero-order valence-electron chi connectivity index (χ0n) is 11.8. The Balaban J connectivity index is 1.52. The molecule has 2 aromatic heterocycles. The second-order valence-electron chi connectivity index (χ2n) is 5.66. The van der Waals surface area contributed by atoms with Crippen LogP contribution < -0.4 is 9.80 Å². The van der Waals surface area contributed by atoms with Gasteiger partial charge >= 0.3 is 0 Å². The summed E-state index contributed by atoms with van der Waals surface area (Å²) in [6.07, 6.45) is 8.74. The number of hydrogen-bond acceptors (Lipinski definition) is 5. The summed E-state index contributed by atoms with van der Waals surface area (Å²) in [5, 5.41) is 4.15. The Morgan fingerprint density at radius 1 is 1.19 bits per heavy atom. The molecule has 2 aliphatic rings. The fourth-order valence-corrected chi connectivity index (χ4v) is 3.28. The van der Waals surface area contributed by atoms with Crippen LogP contribution in [0.5, 0.6) is 0 Å². The summed E-state index contributed by atoms with van der Waals surface area (Å²) in [4.78, 5) is 25.0. The van der Waals surface area contributed by atoms with E-state index in [2.05, 4.69) is 20.0 Å². The minimum Gasteiger partial charge on any atom is -0.354 e. The maximum absolute atomic E-state index is 12.6. The quantitative estimate of drug-likeness (QED) is 0.794. The van der Waals surface area contributed by atoms with E-state index in [1.165, 1.54) is 0 Å². The van der Waals surface area contributed by atoms with Crippen molar-refractivity contribution >= 4 is 17.4 Å². The van der Waals surface area contributed by atoms with Gasteiger partial charge in [-0.25, -0.2) is 4.98 Å². The van der Waals surface area contributed by atoms with Gasteiger partial charge in [-0.2, -0.15) is 5.10 Å². The molecule has 4 heterocycles. The number of rotatable bonds is 2. The van der Waals surface area contributed by atoms with Gasteiger partial charge in [-0.1, -0.05) is 0 Å². The van der Waals surface area contributed by atoms with Gasteiger partial charge in [-0.3, -0.25) is 14.5 Å². The lowest BCUT2D eigenvalue weighted by Crippen LogP contribution is -2.32. The average Bonchev–Trinajstić information content (AvgIpc) is 3.17. The molecule has 0 unspecified atom stereocenters. The van der Waals surface area contributed by atoms with Gasteiger partial charge in [0.05, 0.1) is 24.0 Å². The Hall–Kier alpha value is -2.44. The summed E-state index contributed by atoms with van der Waals surface area (Å²) in [5.74, 6) is 1.44. The first-order chi connectivity index (χ1) is 10.2. The molecular formula is C14H16N6O. The number of hydrogen-bond donors (Lipinski definition) is 0. The van der Waals surface area contributed by atoms with Gasteiger partial charge < -0.3 is 9.80 Å². The zero-order valence-corrected chi connectivity index (χ0v) is 11.8. The molecule has 0 aliphatic carbocycles. The van der Waals surface area contributed by atoms with E-state index in [0.717, 1.165) is 31.1 Å². The fraction of sp³-hybridized carbons (Fsp3) is 0.429. The molecule has 7 nitrogen and oxygen atoms in total. The number of amides is 1. The highest BCUT2D eigenvalue weighted by molar-refractivity contribution is 5.98. The highest BCUT2D eigenvalue weighted by atomic mass is 16.2. The van der Waals surface area contributed by atoms with Crippen LogP contribution in [0.3, 0.4) is 0 Å². The molecule has 0 aromatic carbocycles. The molecule has 0 saturated carbocycles. The molecule has 2 atom stereocenters. The predicted molar refractivity (Wildman–Crippen MR) is 76.8 cm³/mol. The molecule has 2 fully saturated rings. The Morgan fingerprint density at radius 3 is 2.76 bits per heavy atom. The number of fused-ring (bicyclic) bond motifs is 1. The summed E-state index contributed by atoms with van der Waals surface area (Å²) in [6.45, 7) is 2.33. The molecule has 0 radical (unpaired) electrons. The predicted octanol–water partition coefficient (Wildman–Crippen LogP) is 0.309. The first-order valence-corrected chi connectivity index (χ1v) is 7.03. The topological polar surface area (TPSA) is 67.2 Å². The summed E-state index contributed by atoms with van der Waals surface area (Å²) < 4.78 is 1.72. The third kappa shape index (κ3) is 1.96. The molecule has 108 valence electrons. The minimum atomic E-state index is 0.0483. The molecule has 0 bridgehead atoms. The van der Waals surface area contributed by atoms with Crippen molar-refractivity contribution in [1.29, 1.82) is 0 Å². The summed E-state index contributed by atoms with van der Waals surface area (Å²) in [7, 11) is 1.86. The molecule has 2 saturated heterocycles. The van der Waals surface area contributed by atoms with Crippen molar-refractivity contribution in [3.8, 4) is 0 Å². The van der Waals surface area contributed by atoms with Crippen molar-refractivity contribution in [3.63, 3.8) is 0 Å². The molecule has 2 aromatic rings. The lowest BCUT2D eigenvalue weighted by Gasteiger charge is -2.21. The summed E-state index contributed by atoms with van der Waals surface area (Å²) >= 11 is 0. The lowest BCUT2D eigenvalue weighted by atomic mass is 10.0. The third-order valence-electron chi connectivity index (χ3n) is 4.32. The monoisotopic (exact) mass is 284 g/mol. The van der Waals surface area contributed by atoms with Gasteiger partial charge in [-0.05, 0) is 0 Å². The number of anilines is 2. The van der Waals surface area contributed by atoms with E-state index in [0.29, 0.717) is 5.92 Å². The van der Waals surface area contributed by atoms with Gasteiger partial charge in [0.2, 0.25) is 5.91 Å².